The summed E-state index contributed by atoms with van der Waals surface area (Å²) in [5, 5.41) is 17.5. The van der Waals surface area contributed by atoms with Gasteiger partial charge >= 0.3 is 0 Å². The van der Waals surface area contributed by atoms with Crippen molar-refractivity contribution in [3.63, 3.8) is 0 Å². The minimum Gasteiger partial charge on any atom is -0.376 e. The number of aromatic nitrogens is 2. The van der Waals surface area contributed by atoms with Crippen LogP contribution >= 0.6 is 35.0 Å². The second-order valence-electron chi connectivity index (χ2n) is 14.6. The number of thioether (sulfide) groups is 1. The van der Waals surface area contributed by atoms with Crippen molar-refractivity contribution < 1.29 is 13.3 Å². The number of rotatable bonds is 16. The molecular weight excluding hydrogens is 828 g/mol. The number of hydrogen-bond acceptors (Lipinski definition) is 11. The van der Waals surface area contributed by atoms with Crippen LogP contribution in [0.15, 0.2) is 125 Å². The van der Waals surface area contributed by atoms with E-state index in [1.54, 1.807) is 17.8 Å². The molecule has 0 bridgehead atoms. The first-order valence-corrected chi connectivity index (χ1v) is 22.3. The van der Waals surface area contributed by atoms with E-state index in [1.807, 2.05) is 93.0 Å². The minimum absolute atomic E-state index is 0.0786. The lowest BCUT2D eigenvalue weighted by atomic mass is 9.99. The van der Waals surface area contributed by atoms with E-state index in [0.29, 0.717) is 26.7 Å². The number of nitrogens with zero attached hydrogens (tertiary/aromatic N) is 6. The van der Waals surface area contributed by atoms with Crippen LogP contribution in [0.2, 0.25) is 10.0 Å². The molecule has 59 heavy (non-hydrogen) atoms. The van der Waals surface area contributed by atoms with Gasteiger partial charge in [-0.05, 0) is 110 Å². The monoisotopic (exact) mass is 870 g/mol. The van der Waals surface area contributed by atoms with E-state index in [4.69, 9.17) is 23.2 Å². The Kier molecular flexibility index (Phi) is 13.6. The number of anilines is 3. The van der Waals surface area contributed by atoms with Gasteiger partial charge in [0.1, 0.15) is 12.0 Å². The third-order valence-corrected chi connectivity index (χ3v) is 13.1. The Morgan fingerprint density at radius 1 is 0.881 bits per heavy atom. The number of halogens is 2. The van der Waals surface area contributed by atoms with Crippen molar-refractivity contribution in [2.24, 2.45) is 0 Å². The molecule has 306 valence electrons. The van der Waals surface area contributed by atoms with E-state index in [1.165, 1.54) is 18.5 Å². The fourth-order valence-corrected chi connectivity index (χ4v) is 9.47. The van der Waals surface area contributed by atoms with Gasteiger partial charge in [0.15, 0.2) is 5.82 Å². The van der Waals surface area contributed by atoms with Gasteiger partial charge in [-0.2, -0.15) is 0 Å². The van der Waals surface area contributed by atoms with Gasteiger partial charge in [-0.25, -0.2) is 18.4 Å². The molecule has 1 unspecified atom stereocenters. The SMILES string of the molecule is CN(C)CCC(CSc1ccccc1)Nc1ccc(S(=O)(=O)Nc2ncnc3cc(N4CCN(Cc5cc(Cl)ccc5-c5cccc(Cl)c5)CC4)ccc23)cc1[N+](=O)[O-]. The summed E-state index contributed by atoms with van der Waals surface area (Å²) in [6.45, 7) is 4.68. The second-order valence-corrected chi connectivity index (χ2v) is 18.2. The van der Waals surface area contributed by atoms with E-state index in [2.05, 4.69) is 40.8 Å². The van der Waals surface area contributed by atoms with E-state index in [0.717, 1.165) is 79.0 Å². The average Bonchev–Trinajstić information content (AvgIpc) is 3.22. The molecule has 2 heterocycles. The van der Waals surface area contributed by atoms with Crippen LogP contribution in [-0.2, 0) is 16.6 Å². The molecule has 1 aromatic heterocycles. The molecule has 0 amide bonds. The number of fused-ring (bicyclic) bond motifs is 1. The standard InChI is InChI=1S/C43H44Cl2N8O4S2/c1-50(2)18-17-34(28-58-36-9-4-3-5-10-36)48-40-16-13-37(26-42(40)53(54)55)59(56,57)49-43-39-15-12-35(25-41(39)46-29-47-43)52-21-19-51(20-22-52)27-31-24-33(45)11-14-38(31)30-7-6-8-32(44)23-30/h3-16,23-26,29,34,48H,17-22,27-28H2,1-2H3,(H,46,47,49). The normalized spacial score (nSPS) is 14.1. The lowest BCUT2D eigenvalue weighted by Gasteiger charge is -2.36. The van der Waals surface area contributed by atoms with E-state index in [9.17, 15) is 18.5 Å². The smallest absolute Gasteiger partial charge is 0.293 e. The zero-order chi connectivity index (χ0) is 41.5. The van der Waals surface area contributed by atoms with Crippen molar-refractivity contribution >= 4 is 78.8 Å². The summed E-state index contributed by atoms with van der Waals surface area (Å²) in [4.78, 5) is 28.0. The fourth-order valence-electron chi connectivity index (χ4n) is 7.04. The van der Waals surface area contributed by atoms with Crippen LogP contribution in [0, 0.1) is 10.1 Å². The Morgan fingerprint density at radius 3 is 2.41 bits per heavy atom. The van der Waals surface area contributed by atoms with Gasteiger partial charge in [-0.15, -0.1) is 11.8 Å². The van der Waals surface area contributed by atoms with Gasteiger partial charge in [0, 0.05) is 76.6 Å². The van der Waals surface area contributed by atoms with Crippen LogP contribution < -0.4 is 14.9 Å². The third-order valence-electron chi connectivity index (χ3n) is 10.1. The number of benzene rings is 5. The topological polar surface area (TPSA) is 137 Å². The van der Waals surface area contributed by atoms with E-state index < -0.39 is 14.9 Å². The Labute approximate surface area is 358 Å². The number of piperazine rings is 1. The summed E-state index contributed by atoms with van der Waals surface area (Å²) >= 11 is 14.4. The molecule has 7 rings (SSSR count). The Morgan fingerprint density at radius 2 is 1.66 bits per heavy atom. The molecule has 5 aromatic carbocycles. The fraction of sp³-hybridized carbons (Fsp3) is 0.256. The predicted octanol–water partition coefficient (Wildman–Crippen LogP) is 9.16. The molecule has 0 saturated carbocycles. The maximum absolute atomic E-state index is 13.8. The first-order chi connectivity index (χ1) is 28.4. The highest BCUT2D eigenvalue weighted by Gasteiger charge is 2.25. The zero-order valence-electron chi connectivity index (χ0n) is 32.6. The number of nitro benzene ring substituents is 1. The minimum atomic E-state index is -4.28. The second kappa shape index (κ2) is 19.0. The molecule has 0 spiro atoms. The molecule has 1 atom stereocenters. The first-order valence-electron chi connectivity index (χ1n) is 19.1. The van der Waals surface area contributed by atoms with Crippen LogP contribution in [0.5, 0.6) is 0 Å². The van der Waals surface area contributed by atoms with Crippen LogP contribution in [-0.4, -0.2) is 91.7 Å². The lowest BCUT2D eigenvalue weighted by molar-refractivity contribution is -0.384. The van der Waals surface area contributed by atoms with Crippen LogP contribution in [0.3, 0.4) is 0 Å². The molecule has 1 aliphatic heterocycles. The molecule has 1 saturated heterocycles. The van der Waals surface area contributed by atoms with E-state index >= 15 is 0 Å². The third kappa shape index (κ3) is 10.8. The maximum atomic E-state index is 13.8. The first kappa shape index (κ1) is 42.2. The zero-order valence-corrected chi connectivity index (χ0v) is 35.7. The quantitative estimate of drug-likeness (QED) is 0.0548. The van der Waals surface area contributed by atoms with Crippen molar-refractivity contribution in [3.05, 3.63) is 141 Å². The van der Waals surface area contributed by atoms with Crippen molar-refractivity contribution in [3.8, 4) is 11.1 Å². The van der Waals surface area contributed by atoms with E-state index in [-0.39, 0.29) is 28.1 Å². The Bertz CT molecular complexity index is 2540. The van der Waals surface area contributed by atoms with Crippen molar-refractivity contribution in [2.75, 3.05) is 67.5 Å². The number of hydrogen-bond donors (Lipinski definition) is 2. The van der Waals surface area contributed by atoms with Crippen molar-refractivity contribution in [2.45, 2.75) is 28.8 Å². The Balaban J connectivity index is 1.03. The number of nitrogens with one attached hydrogen (secondary N) is 2. The van der Waals surface area contributed by atoms with Gasteiger partial charge in [0.05, 0.1) is 15.3 Å². The molecule has 1 fully saturated rings. The summed E-state index contributed by atoms with van der Waals surface area (Å²) in [5.74, 6) is 0.737. The largest absolute Gasteiger partial charge is 0.376 e. The molecule has 2 N–H and O–H groups in total. The summed E-state index contributed by atoms with van der Waals surface area (Å²) in [7, 11) is -0.328. The highest BCUT2D eigenvalue weighted by Crippen LogP contribution is 2.33. The molecule has 0 aliphatic carbocycles. The molecule has 0 radical (unpaired) electrons. The molecule has 6 aromatic rings. The van der Waals surface area contributed by atoms with Gasteiger partial charge in [-0.3, -0.25) is 19.7 Å². The van der Waals surface area contributed by atoms with Gasteiger partial charge in [-0.1, -0.05) is 59.6 Å². The van der Waals surface area contributed by atoms with Crippen molar-refractivity contribution in [1.82, 2.24) is 19.8 Å². The summed E-state index contributed by atoms with van der Waals surface area (Å²) < 4.78 is 30.1. The molecule has 1 aliphatic rings. The number of sulfonamides is 1. The lowest BCUT2D eigenvalue weighted by Crippen LogP contribution is -2.46. The van der Waals surface area contributed by atoms with Crippen molar-refractivity contribution in [1.29, 1.82) is 0 Å². The maximum Gasteiger partial charge on any atom is 0.293 e. The van der Waals surface area contributed by atoms with Crippen LogP contribution in [0.25, 0.3) is 22.0 Å². The predicted molar refractivity (Wildman–Crippen MR) is 241 cm³/mol. The van der Waals surface area contributed by atoms with Gasteiger partial charge < -0.3 is 15.1 Å². The summed E-state index contributed by atoms with van der Waals surface area (Å²) in [5.41, 5.74) is 4.70. The Hall–Kier alpha value is -4.96. The summed E-state index contributed by atoms with van der Waals surface area (Å²) in [6, 6.07) is 33.2. The number of nitro groups is 1. The summed E-state index contributed by atoms with van der Waals surface area (Å²) in [6.07, 6.45) is 2.03. The van der Waals surface area contributed by atoms with Crippen LogP contribution in [0.1, 0.15) is 12.0 Å². The molecular formula is C43H44Cl2N8O4S2. The van der Waals surface area contributed by atoms with Gasteiger partial charge in [0.2, 0.25) is 0 Å². The molecule has 16 heteroatoms. The average molecular weight is 872 g/mol. The highest BCUT2D eigenvalue weighted by molar-refractivity contribution is 7.99. The highest BCUT2D eigenvalue weighted by atomic mass is 35.5. The van der Waals surface area contributed by atoms with Crippen LogP contribution in [0.4, 0.5) is 22.9 Å². The molecule has 12 nitrogen and oxygen atoms in total. The van der Waals surface area contributed by atoms with Gasteiger partial charge in [0.25, 0.3) is 15.7 Å².